The van der Waals surface area contributed by atoms with Crippen LogP contribution in [0.3, 0.4) is 0 Å². The van der Waals surface area contributed by atoms with Gasteiger partial charge in [-0.2, -0.15) is 0 Å². The number of carbonyl (C=O) groups is 1. The van der Waals surface area contributed by atoms with E-state index in [0.29, 0.717) is 19.5 Å². The van der Waals surface area contributed by atoms with Gasteiger partial charge in [0.25, 0.3) is 0 Å². The first-order valence-corrected chi connectivity index (χ1v) is 4.79. The van der Waals surface area contributed by atoms with Gasteiger partial charge in [-0.3, -0.25) is 4.79 Å². The van der Waals surface area contributed by atoms with Gasteiger partial charge in [0.1, 0.15) is 0 Å². The summed E-state index contributed by atoms with van der Waals surface area (Å²) in [6.07, 6.45) is 0.506. The van der Waals surface area contributed by atoms with E-state index in [9.17, 15) is 4.79 Å². The summed E-state index contributed by atoms with van der Waals surface area (Å²) in [5, 5.41) is 14.5. The minimum absolute atomic E-state index is 0.0756. The number of hydrogen-bond donors (Lipinski definition) is 3. The van der Waals surface area contributed by atoms with E-state index in [-0.39, 0.29) is 18.4 Å². The van der Waals surface area contributed by atoms with Crippen molar-refractivity contribution in [2.45, 2.75) is 20.3 Å². The van der Waals surface area contributed by atoms with Crippen LogP contribution in [0.15, 0.2) is 0 Å². The van der Waals surface area contributed by atoms with Gasteiger partial charge in [0.15, 0.2) is 0 Å². The Bertz CT molecular complexity index is 140. The number of rotatable bonds is 7. The second-order valence-corrected chi connectivity index (χ2v) is 3.20. The normalized spacial score (nSPS) is 12.5. The Kier molecular flexibility index (Phi) is 7.63. The Balaban J connectivity index is 3.20. The lowest BCUT2D eigenvalue weighted by Crippen LogP contribution is -2.30. The number of nitrogens with one attached hydrogen (secondary N) is 2. The van der Waals surface area contributed by atoms with Crippen LogP contribution in [-0.2, 0) is 4.79 Å². The summed E-state index contributed by atoms with van der Waals surface area (Å²) < 4.78 is 0. The molecule has 0 saturated heterocycles. The molecule has 0 aromatic rings. The van der Waals surface area contributed by atoms with Crippen LogP contribution in [0.2, 0.25) is 0 Å². The lowest BCUT2D eigenvalue weighted by atomic mass is 10.2. The maximum Gasteiger partial charge on any atom is 0.221 e. The van der Waals surface area contributed by atoms with E-state index in [1.54, 1.807) is 0 Å². The zero-order valence-electron chi connectivity index (χ0n) is 8.47. The Morgan fingerprint density at radius 3 is 2.77 bits per heavy atom. The fraction of sp³-hybridized carbons (Fsp3) is 0.889. The van der Waals surface area contributed by atoms with Gasteiger partial charge < -0.3 is 15.7 Å². The number of carbonyl (C=O) groups excluding carboxylic acids is 1. The molecule has 78 valence electrons. The number of aliphatic hydroxyl groups is 1. The molecule has 0 aromatic carbocycles. The Hall–Kier alpha value is -0.610. The lowest BCUT2D eigenvalue weighted by Gasteiger charge is -2.08. The van der Waals surface area contributed by atoms with Crippen LogP contribution in [0.5, 0.6) is 0 Å². The van der Waals surface area contributed by atoms with Crippen LogP contribution in [0.4, 0.5) is 0 Å². The van der Waals surface area contributed by atoms with Crippen molar-refractivity contribution in [3.63, 3.8) is 0 Å². The van der Waals surface area contributed by atoms with Gasteiger partial charge in [-0.15, -0.1) is 0 Å². The molecule has 0 bridgehead atoms. The third-order valence-corrected chi connectivity index (χ3v) is 1.71. The van der Waals surface area contributed by atoms with Crippen LogP contribution in [0, 0.1) is 5.92 Å². The molecule has 0 spiro atoms. The summed E-state index contributed by atoms with van der Waals surface area (Å²) in [6, 6.07) is 0. The first-order valence-electron chi connectivity index (χ1n) is 4.79. The van der Waals surface area contributed by atoms with Crippen molar-refractivity contribution in [1.82, 2.24) is 10.6 Å². The van der Waals surface area contributed by atoms with Gasteiger partial charge in [-0.1, -0.05) is 6.92 Å². The highest BCUT2D eigenvalue weighted by Crippen LogP contribution is 1.88. The summed E-state index contributed by atoms with van der Waals surface area (Å²) in [7, 11) is 0. The molecule has 1 amide bonds. The van der Waals surface area contributed by atoms with Crippen LogP contribution in [0.1, 0.15) is 20.3 Å². The fourth-order valence-electron chi connectivity index (χ4n) is 0.900. The quantitative estimate of drug-likeness (QED) is 0.482. The SMILES string of the molecule is CCNC(=O)CCNCC(C)CO. The molecule has 0 rings (SSSR count). The molecule has 0 heterocycles. The van der Waals surface area contributed by atoms with Crippen molar-refractivity contribution in [3.8, 4) is 0 Å². The number of aliphatic hydroxyl groups excluding tert-OH is 1. The van der Waals surface area contributed by atoms with Crippen LogP contribution in [-0.4, -0.2) is 37.3 Å². The predicted molar refractivity (Wildman–Crippen MR) is 52.4 cm³/mol. The third-order valence-electron chi connectivity index (χ3n) is 1.71. The fourth-order valence-corrected chi connectivity index (χ4v) is 0.900. The highest BCUT2D eigenvalue weighted by molar-refractivity contribution is 5.75. The number of amides is 1. The van der Waals surface area contributed by atoms with Crippen LogP contribution in [0.25, 0.3) is 0 Å². The molecule has 13 heavy (non-hydrogen) atoms. The van der Waals surface area contributed by atoms with Gasteiger partial charge in [0.05, 0.1) is 0 Å². The second kappa shape index (κ2) is 8.01. The molecule has 1 atom stereocenters. The van der Waals surface area contributed by atoms with Crippen molar-refractivity contribution in [2.75, 3.05) is 26.2 Å². The maximum atomic E-state index is 11.0. The lowest BCUT2D eigenvalue weighted by molar-refractivity contribution is -0.120. The van der Waals surface area contributed by atoms with E-state index in [2.05, 4.69) is 10.6 Å². The van der Waals surface area contributed by atoms with E-state index >= 15 is 0 Å². The molecule has 0 radical (unpaired) electrons. The van der Waals surface area contributed by atoms with Gasteiger partial charge in [0.2, 0.25) is 5.91 Å². The summed E-state index contributed by atoms with van der Waals surface area (Å²) in [6.45, 7) is 6.17. The molecule has 3 N–H and O–H groups in total. The molecule has 0 fully saturated rings. The monoisotopic (exact) mass is 188 g/mol. The third kappa shape index (κ3) is 7.74. The average molecular weight is 188 g/mol. The van der Waals surface area contributed by atoms with E-state index < -0.39 is 0 Å². The highest BCUT2D eigenvalue weighted by Gasteiger charge is 2.00. The molecule has 0 aliphatic carbocycles. The van der Waals surface area contributed by atoms with Gasteiger partial charge >= 0.3 is 0 Å². The zero-order chi connectivity index (χ0) is 10.1. The van der Waals surface area contributed by atoms with Crippen LogP contribution < -0.4 is 10.6 Å². The number of hydrogen-bond acceptors (Lipinski definition) is 3. The highest BCUT2D eigenvalue weighted by atomic mass is 16.3. The molecule has 0 aromatic heterocycles. The Morgan fingerprint density at radius 2 is 2.23 bits per heavy atom. The van der Waals surface area contributed by atoms with E-state index in [1.807, 2.05) is 13.8 Å². The van der Waals surface area contributed by atoms with E-state index in [1.165, 1.54) is 0 Å². The molecule has 0 aliphatic rings. The molecule has 4 heteroatoms. The Labute approximate surface area is 79.7 Å². The van der Waals surface area contributed by atoms with Crippen molar-refractivity contribution >= 4 is 5.91 Å². The topological polar surface area (TPSA) is 61.4 Å². The first-order chi connectivity index (χ1) is 6.20. The molecular formula is C9H20N2O2. The minimum Gasteiger partial charge on any atom is -0.396 e. The molecule has 4 nitrogen and oxygen atoms in total. The van der Waals surface area contributed by atoms with E-state index in [0.717, 1.165) is 6.54 Å². The standard InChI is InChI=1S/C9H20N2O2/c1-3-11-9(13)4-5-10-6-8(2)7-12/h8,10,12H,3-7H2,1-2H3,(H,11,13). The minimum atomic E-state index is 0.0756. The average Bonchev–Trinajstić information content (AvgIpc) is 2.12. The smallest absolute Gasteiger partial charge is 0.221 e. The zero-order valence-corrected chi connectivity index (χ0v) is 8.47. The summed E-state index contributed by atoms with van der Waals surface area (Å²) in [4.78, 5) is 11.0. The summed E-state index contributed by atoms with van der Waals surface area (Å²) in [5.74, 6) is 0.334. The molecular weight excluding hydrogens is 168 g/mol. The molecule has 0 saturated carbocycles. The van der Waals surface area contributed by atoms with E-state index in [4.69, 9.17) is 5.11 Å². The van der Waals surface area contributed by atoms with Gasteiger partial charge in [0, 0.05) is 26.1 Å². The predicted octanol–water partition coefficient (Wildman–Crippen LogP) is -0.269. The van der Waals surface area contributed by atoms with Crippen molar-refractivity contribution < 1.29 is 9.90 Å². The molecule has 1 unspecified atom stereocenters. The van der Waals surface area contributed by atoms with Crippen molar-refractivity contribution in [3.05, 3.63) is 0 Å². The second-order valence-electron chi connectivity index (χ2n) is 3.20. The maximum absolute atomic E-state index is 11.0. The van der Waals surface area contributed by atoms with Gasteiger partial charge in [-0.25, -0.2) is 0 Å². The van der Waals surface area contributed by atoms with Crippen molar-refractivity contribution in [1.29, 1.82) is 0 Å². The summed E-state index contributed by atoms with van der Waals surface area (Å²) >= 11 is 0. The van der Waals surface area contributed by atoms with Crippen molar-refractivity contribution in [2.24, 2.45) is 5.92 Å². The summed E-state index contributed by atoms with van der Waals surface area (Å²) in [5.41, 5.74) is 0. The van der Waals surface area contributed by atoms with Gasteiger partial charge in [-0.05, 0) is 19.4 Å². The Morgan fingerprint density at radius 1 is 1.54 bits per heavy atom. The molecule has 0 aliphatic heterocycles. The first kappa shape index (κ1) is 12.4. The largest absolute Gasteiger partial charge is 0.396 e. The van der Waals surface area contributed by atoms with Crippen LogP contribution >= 0.6 is 0 Å².